The first-order chi connectivity index (χ1) is 14.6. The van der Waals surface area contributed by atoms with E-state index in [1.807, 2.05) is 12.1 Å². The smallest absolute Gasteiger partial charge is 0.322 e. The maximum absolute atomic E-state index is 13.0. The number of likely N-dealkylation sites (tertiary alicyclic amines) is 1. The Morgan fingerprint density at radius 3 is 2.87 bits per heavy atom. The Bertz CT molecular complexity index is 1050. The molecule has 0 bridgehead atoms. The molecule has 1 fully saturated rings. The molecule has 2 aromatic carbocycles. The van der Waals surface area contributed by atoms with Crippen LogP contribution in [0.4, 0.5) is 10.5 Å². The number of nitrogens with one attached hydrogen (secondary N) is 1. The molecule has 1 saturated heterocycles. The zero-order valence-corrected chi connectivity index (χ0v) is 17.3. The van der Waals surface area contributed by atoms with Crippen LogP contribution in [-0.2, 0) is 0 Å². The average Bonchev–Trinajstić information content (AvgIpc) is 3.43. The van der Waals surface area contributed by atoms with Gasteiger partial charge in [0.2, 0.25) is 11.7 Å². The van der Waals surface area contributed by atoms with Gasteiger partial charge < -0.3 is 24.2 Å². The number of amides is 2. The molecule has 2 heterocycles. The Kier molecular flexibility index (Phi) is 5.76. The van der Waals surface area contributed by atoms with Crippen LogP contribution in [0.1, 0.15) is 24.8 Å². The number of hydrogen-bond donors (Lipinski definition) is 1. The van der Waals surface area contributed by atoms with E-state index in [2.05, 4.69) is 15.5 Å². The van der Waals surface area contributed by atoms with Gasteiger partial charge in [0.25, 0.3) is 0 Å². The highest BCUT2D eigenvalue weighted by Gasteiger charge is 2.34. The zero-order chi connectivity index (χ0) is 21.1. The molecule has 2 amide bonds. The summed E-state index contributed by atoms with van der Waals surface area (Å²) in [4.78, 5) is 19.2. The van der Waals surface area contributed by atoms with Gasteiger partial charge in [-0.1, -0.05) is 28.9 Å². The highest BCUT2D eigenvalue weighted by molar-refractivity contribution is 6.30. The minimum atomic E-state index is -0.297. The van der Waals surface area contributed by atoms with E-state index in [9.17, 15) is 4.79 Å². The van der Waals surface area contributed by atoms with Crippen molar-refractivity contribution in [3.63, 3.8) is 0 Å². The lowest BCUT2D eigenvalue weighted by molar-refractivity contribution is 0.193. The molecule has 1 aliphatic rings. The van der Waals surface area contributed by atoms with Crippen molar-refractivity contribution in [1.82, 2.24) is 15.0 Å². The number of carbonyl (C=O) groups excluding carboxylic acids is 1. The summed E-state index contributed by atoms with van der Waals surface area (Å²) in [5.41, 5.74) is 1.31. The Morgan fingerprint density at radius 1 is 1.23 bits per heavy atom. The quantitative estimate of drug-likeness (QED) is 0.629. The van der Waals surface area contributed by atoms with E-state index in [1.54, 1.807) is 49.5 Å². The molecule has 1 unspecified atom stereocenters. The predicted molar refractivity (Wildman–Crippen MR) is 112 cm³/mol. The van der Waals surface area contributed by atoms with Crippen LogP contribution in [0, 0.1) is 0 Å². The van der Waals surface area contributed by atoms with Crippen molar-refractivity contribution in [3.8, 4) is 22.9 Å². The molecular formula is C21H21ClN4O4. The number of aromatic nitrogens is 2. The minimum Gasteiger partial charge on any atom is -0.497 e. The van der Waals surface area contributed by atoms with E-state index >= 15 is 0 Å². The molecule has 0 aliphatic carbocycles. The minimum absolute atomic E-state index is 0.261. The molecule has 30 heavy (non-hydrogen) atoms. The van der Waals surface area contributed by atoms with Gasteiger partial charge in [0.1, 0.15) is 17.5 Å². The molecular weight excluding hydrogens is 408 g/mol. The number of urea groups is 1. The lowest BCUT2D eigenvalue weighted by Gasteiger charge is -2.23. The monoisotopic (exact) mass is 428 g/mol. The maximum Gasteiger partial charge on any atom is 0.322 e. The molecule has 1 aliphatic heterocycles. The molecule has 1 atom stereocenters. The van der Waals surface area contributed by atoms with Gasteiger partial charge in [0, 0.05) is 23.2 Å². The van der Waals surface area contributed by atoms with Gasteiger partial charge in [0.15, 0.2) is 0 Å². The van der Waals surface area contributed by atoms with E-state index in [0.717, 1.165) is 18.4 Å². The summed E-state index contributed by atoms with van der Waals surface area (Å²) < 4.78 is 16.0. The third kappa shape index (κ3) is 4.04. The lowest BCUT2D eigenvalue weighted by Crippen LogP contribution is -2.34. The Morgan fingerprint density at radius 2 is 2.10 bits per heavy atom. The van der Waals surface area contributed by atoms with Crippen molar-refractivity contribution in [2.24, 2.45) is 0 Å². The molecule has 1 N–H and O–H groups in total. The van der Waals surface area contributed by atoms with Crippen LogP contribution >= 0.6 is 11.6 Å². The van der Waals surface area contributed by atoms with Crippen LogP contribution in [0.5, 0.6) is 11.5 Å². The van der Waals surface area contributed by atoms with E-state index < -0.39 is 0 Å². The first kappa shape index (κ1) is 20.0. The first-order valence-electron chi connectivity index (χ1n) is 9.48. The highest BCUT2D eigenvalue weighted by atomic mass is 35.5. The molecule has 1 aromatic heterocycles. The second-order valence-corrected chi connectivity index (χ2v) is 7.25. The molecule has 156 valence electrons. The number of methoxy groups -OCH3 is 2. The third-order valence-corrected chi connectivity index (χ3v) is 5.21. The zero-order valence-electron chi connectivity index (χ0n) is 16.6. The van der Waals surface area contributed by atoms with Crippen LogP contribution in [0.25, 0.3) is 11.4 Å². The van der Waals surface area contributed by atoms with E-state index in [0.29, 0.717) is 40.5 Å². The van der Waals surface area contributed by atoms with Crippen molar-refractivity contribution >= 4 is 23.3 Å². The number of anilines is 1. The predicted octanol–water partition coefficient (Wildman–Crippen LogP) is 4.78. The molecule has 0 saturated carbocycles. The first-order valence-corrected chi connectivity index (χ1v) is 9.86. The number of ether oxygens (including phenoxy) is 2. The molecule has 3 aromatic rings. The Labute approximate surface area is 178 Å². The summed E-state index contributed by atoms with van der Waals surface area (Å²) in [6.07, 6.45) is 1.58. The van der Waals surface area contributed by atoms with Crippen molar-refractivity contribution < 1.29 is 18.8 Å². The Balaban J connectivity index is 1.52. The van der Waals surface area contributed by atoms with E-state index in [1.165, 1.54) is 0 Å². The number of halogens is 1. The van der Waals surface area contributed by atoms with Crippen molar-refractivity contribution in [2.45, 2.75) is 18.9 Å². The van der Waals surface area contributed by atoms with Crippen molar-refractivity contribution in [2.75, 3.05) is 26.1 Å². The van der Waals surface area contributed by atoms with Gasteiger partial charge in [0.05, 0.1) is 19.9 Å². The second kappa shape index (κ2) is 8.62. The summed E-state index contributed by atoms with van der Waals surface area (Å²) in [7, 11) is 3.11. The second-order valence-electron chi connectivity index (χ2n) is 6.81. The summed E-state index contributed by atoms with van der Waals surface area (Å²) in [5, 5.41) is 7.55. The van der Waals surface area contributed by atoms with Gasteiger partial charge in [-0.25, -0.2) is 4.79 Å². The number of hydrogen-bond acceptors (Lipinski definition) is 6. The molecule has 0 spiro atoms. The van der Waals surface area contributed by atoms with Gasteiger partial charge in [-0.15, -0.1) is 0 Å². The topological polar surface area (TPSA) is 89.7 Å². The summed E-state index contributed by atoms with van der Waals surface area (Å²) in [5.74, 6) is 2.00. The standard InChI is InChI=1S/C21H21ClN4O4/c1-28-15-8-9-16(18(12-15)29-2)23-21(27)26-10-4-7-17(26)20-24-19(25-30-20)13-5-3-6-14(22)11-13/h3,5-6,8-9,11-12,17H,4,7,10H2,1-2H3,(H,23,27). The number of carbonyl (C=O) groups is 1. The molecule has 4 rings (SSSR count). The van der Waals surface area contributed by atoms with Gasteiger partial charge >= 0.3 is 6.03 Å². The van der Waals surface area contributed by atoms with Crippen LogP contribution in [0.15, 0.2) is 47.0 Å². The van der Waals surface area contributed by atoms with E-state index in [4.69, 9.17) is 25.6 Å². The summed E-state index contributed by atoms with van der Waals surface area (Å²) >= 11 is 6.05. The highest BCUT2D eigenvalue weighted by Crippen LogP contribution is 2.34. The number of rotatable bonds is 5. The number of nitrogens with zero attached hydrogens (tertiary/aromatic N) is 3. The summed E-state index contributed by atoms with van der Waals surface area (Å²) in [6, 6.07) is 11.9. The fraction of sp³-hybridized carbons (Fsp3) is 0.286. The molecule has 8 nitrogen and oxygen atoms in total. The largest absolute Gasteiger partial charge is 0.497 e. The molecule has 9 heteroatoms. The van der Waals surface area contributed by atoms with E-state index in [-0.39, 0.29) is 12.1 Å². The third-order valence-electron chi connectivity index (χ3n) is 4.97. The fourth-order valence-corrected chi connectivity index (χ4v) is 3.66. The lowest BCUT2D eigenvalue weighted by atomic mass is 10.2. The van der Waals surface area contributed by atoms with Crippen LogP contribution in [0.2, 0.25) is 5.02 Å². The summed E-state index contributed by atoms with van der Waals surface area (Å²) in [6.45, 7) is 0.587. The van der Waals surface area contributed by atoms with Crippen LogP contribution in [-0.4, -0.2) is 41.8 Å². The fourth-order valence-electron chi connectivity index (χ4n) is 3.47. The number of benzene rings is 2. The van der Waals surface area contributed by atoms with Crippen LogP contribution < -0.4 is 14.8 Å². The van der Waals surface area contributed by atoms with Gasteiger partial charge in [-0.3, -0.25) is 0 Å². The van der Waals surface area contributed by atoms with Crippen LogP contribution in [0.3, 0.4) is 0 Å². The van der Waals surface area contributed by atoms with Gasteiger partial charge in [-0.2, -0.15) is 4.98 Å². The van der Waals surface area contributed by atoms with Gasteiger partial charge in [-0.05, 0) is 37.1 Å². The maximum atomic E-state index is 13.0. The SMILES string of the molecule is COc1ccc(NC(=O)N2CCCC2c2nc(-c3cccc(Cl)c3)no2)c(OC)c1. The molecule has 0 radical (unpaired) electrons. The van der Waals surface area contributed by atoms with Crippen molar-refractivity contribution in [3.05, 3.63) is 53.4 Å². The normalized spacial score (nSPS) is 15.8. The average molecular weight is 429 g/mol. The van der Waals surface area contributed by atoms with Crippen molar-refractivity contribution in [1.29, 1.82) is 0 Å². The Hall–Kier alpha value is -3.26.